The Labute approximate surface area is 125 Å². The fraction of sp³-hybridized carbons (Fsp3) is 0.529. The second kappa shape index (κ2) is 5.60. The van der Waals surface area contributed by atoms with E-state index in [0.29, 0.717) is 19.1 Å². The maximum Gasteiger partial charge on any atom is 0.302 e. The lowest BCUT2D eigenvalue weighted by Crippen LogP contribution is -2.44. The Morgan fingerprint density at radius 3 is 3.14 bits per heavy atom. The predicted molar refractivity (Wildman–Crippen MR) is 78.5 cm³/mol. The first kappa shape index (κ1) is 14.3. The molecule has 3 atom stereocenters. The Kier molecular flexibility index (Phi) is 3.81. The lowest BCUT2D eigenvalue weighted by Gasteiger charge is -2.47. The van der Waals surface area contributed by atoms with Gasteiger partial charge in [-0.15, -0.1) is 0 Å². The number of fused-ring (bicyclic) bond motifs is 2. The van der Waals surface area contributed by atoms with Crippen LogP contribution in [-0.2, 0) is 14.3 Å². The van der Waals surface area contributed by atoms with Gasteiger partial charge >= 0.3 is 5.97 Å². The van der Waals surface area contributed by atoms with Crippen molar-refractivity contribution >= 4 is 5.97 Å². The normalized spacial score (nSPS) is 31.4. The number of pyridine rings is 1. The van der Waals surface area contributed by atoms with E-state index >= 15 is 0 Å². The minimum absolute atomic E-state index is 0.0562. The fourth-order valence-corrected chi connectivity index (χ4v) is 3.37. The van der Waals surface area contributed by atoms with Crippen LogP contribution in [0.3, 0.4) is 0 Å². The minimum atomic E-state index is -0.221. The van der Waals surface area contributed by atoms with Crippen LogP contribution >= 0.6 is 0 Å². The van der Waals surface area contributed by atoms with Crippen molar-refractivity contribution in [1.82, 2.24) is 4.98 Å². The van der Waals surface area contributed by atoms with E-state index in [4.69, 9.17) is 9.47 Å². The maximum atomic E-state index is 11.1. The van der Waals surface area contributed by atoms with E-state index in [2.05, 4.69) is 24.1 Å². The van der Waals surface area contributed by atoms with Gasteiger partial charge in [-0.25, -0.2) is 0 Å². The molecule has 1 aromatic rings. The van der Waals surface area contributed by atoms with Gasteiger partial charge in [0, 0.05) is 30.7 Å². The largest absolute Gasteiger partial charge is 0.465 e. The van der Waals surface area contributed by atoms with Crippen molar-refractivity contribution in [2.75, 3.05) is 13.2 Å². The number of carbonyl (C=O) groups excluding carboxylic acids is 1. The van der Waals surface area contributed by atoms with Gasteiger partial charge in [0.1, 0.15) is 0 Å². The van der Waals surface area contributed by atoms with E-state index in [9.17, 15) is 4.79 Å². The summed E-state index contributed by atoms with van der Waals surface area (Å²) < 4.78 is 11.4. The van der Waals surface area contributed by atoms with Crippen molar-refractivity contribution in [2.24, 2.45) is 11.3 Å². The minimum Gasteiger partial charge on any atom is -0.465 e. The summed E-state index contributed by atoms with van der Waals surface area (Å²) in [5.74, 6) is 0.119. The smallest absolute Gasteiger partial charge is 0.302 e. The molecule has 3 rings (SSSR count). The SMILES string of the molecule is CC(=O)OC[C@]12CC=C(C)[C@@H](C1)[C@@H](c1cccnc1)OC2. The summed E-state index contributed by atoms with van der Waals surface area (Å²) in [5.41, 5.74) is 2.43. The third-order valence-corrected chi connectivity index (χ3v) is 4.62. The highest BCUT2D eigenvalue weighted by Crippen LogP contribution is 2.50. The van der Waals surface area contributed by atoms with Crippen LogP contribution in [0.4, 0.5) is 0 Å². The van der Waals surface area contributed by atoms with Crippen LogP contribution in [0.1, 0.15) is 38.4 Å². The highest BCUT2D eigenvalue weighted by molar-refractivity contribution is 5.65. The molecule has 1 aliphatic heterocycles. The number of carbonyl (C=O) groups is 1. The zero-order chi connectivity index (χ0) is 14.9. The summed E-state index contributed by atoms with van der Waals surface area (Å²) in [5, 5.41) is 0. The zero-order valence-corrected chi connectivity index (χ0v) is 12.5. The summed E-state index contributed by atoms with van der Waals surface area (Å²) in [4.78, 5) is 15.3. The molecule has 0 spiro atoms. The van der Waals surface area contributed by atoms with E-state index in [1.54, 1.807) is 6.20 Å². The molecule has 2 aliphatic rings. The summed E-state index contributed by atoms with van der Waals surface area (Å²) in [6.45, 7) is 4.70. The first-order valence-corrected chi connectivity index (χ1v) is 7.41. The van der Waals surface area contributed by atoms with Crippen molar-refractivity contribution in [3.63, 3.8) is 0 Å². The Balaban J connectivity index is 1.81. The Morgan fingerprint density at radius 1 is 1.57 bits per heavy atom. The lowest BCUT2D eigenvalue weighted by molar-refractivity contribution is -0.156. The molecular formula is C17H21NO3. The van der Waals surface area contributed by atoms with Gasteiger partial charge < -0.3 is 9.47 Å². The van der Waals surface area contributed by atoms with Crippen LogP contribution in [0, 0.1) is 11.3 Å². The van der Waals surface area contributed by atoms with Crippen LogP contribution in [0.25, 0.3) is 0 Å². The Hall–Kier alpha value is -1.68. The highest BCUT2D eigenvalue weighted by atomic mass is 16.5. The lowest BCUT2D eigenvalue weighted by atomic mass is 9.67. The molecule has 1 fully saturated rings. The van der Waals surface area contributed by atoms with Gasteiger partial charge in [-0.3, -0.25) is 9.78 Å². The zero-order valence-electron chi connectivity index (χ0n) is 12.5. The molecule has 1 aromatic heterocycles. The molecule has 4 nitrogen and oxygen atoms in total. The first-order chi connectivity index (χ1) is 10.1. The monoisotopic (exact) mass is 287 g/mol. The molecular weight excluding hydrogens is 266 g/mol. The van der Waals surface area contributed by atoms with E-state index in [1.165, 1.54) is 12.5 Å². The molecule has 21 heavy (non-hydrogen) atoms. The molecule has 0 aromatic carbocycles. The van der Waals surface area contributed by atoms with Crippen molar-refractivity contribution in [3.8, 4) is 0 Å². The van der Waals surface area contributed by atoms with Gasteiger partial charge in [0.2, 0.25) is 0 Å². The van der Waals surface area contributed by atoms with Gasteiger partial charge in [0.05, 0.1) is 19.3 Å². The van der Waals surface area contributed by atoms with Crippen LogP contribution in [-0.4, -0.2) is 24.2 Å². The summed E-state index contributed by atoms with van der Waals surface area (Å²) >= 11 is 0. The van der Waals surface area contributed by atoms with Gasteiger partial charge in [-0.1, -0.05) is 17.7 Å². The topological polar surface area (TPSA) is 48.4 Å². The Bertz CT molecular complexity index is 554. The molecule has 0 saturated carbocycles. The molecule has 0 radical (unpaired) electrons. The second-order valence-electron chi connectivity index (χ2n) is 6.26. The van der Waals surface area contributed by atoms with Crippen molar-refractivity contribution in [1.29, 1.82) is 0 Å². The van der Waals surface area contributed by atoms with Crippen LogP contribution in [0.2, 0.25) is 0 Å². The van der Waals surface area contributed by atoms with Crippen molar-refractivity contribution in [2.45, 2.75) is 32.8 Å². The number of rotatable bonds is 3. The second-order valence-corrected chi connectivity index (χ2v) is 6.26. The number of hydrogen-bond acceptors (Lipinski definition) is 4. The third-order valence-electron chi connectivity index (χ3n) is 4.62. The quantitative estimate of drug-likeness (QED) is 0.633. The predicted octanol–water partition coefficient (Wildman–Crippen LogP) is 3.06. The number of aromatic nitrogens is 1. The molecule has 4 heteroatoms. The average molecular weight is 287 g/mol. The molecule has 0 amide bonds. The third kappa shape index (κ3) is 2.86. The highest BCUT2D eigenvalue weighted by Gasteiger charge is 2.45. The van der Waals surface area contributed by atoms with E-state index < -0.39 is 0 Å². The maximum absolute atomic E-state index is 11.1. The molecule has 1 aliphatic carbocycles. The number of ether oxygens (including phenoxy) is 2. The van der Waals surface area contributed by atoms with Crippen LogP contribution < -0.4 is 0 Å². The molecule has 2 heterocycles. The number of esters is 1. The number of allylic oxidation sites excluding steroid dienone is 1. The molecule has 112 valence electrons. The van der Waals surface area contributed by atoms with Gasteiger partial charge in [0.15, 0.2) is 0 Å². The van der Waals surface area contributed by atoms with Crippen molar-refractivity contribution in [3.05, 3.63) is 41.7 Å². The molecule has 0 unspecified atom stereocenters. The van der Waals surface area contributed by atoms with Crippen LogP contribution in [0.5, 0.6) is 0 Å². The van der Waals surface area contributed by atoms with E-state index in [-0.39, 0.29) is 17.5 Å². The van der Waals surface area contributed by atoms with Gasteiger partial charge in [-0.05, 0) is 31.4 Å². The summed E-state index contributed by atoms with van der Waals surface area (Å²) in [7, 11) is 0. The fourth-order valence-electron chi connectivity index (χ4n) is 3.37. The molecule has 1 saturated heterocycles. The first-order valence-electron chi connectivity index (χ1n) is 7.41. The Morgan fingerprint density at radius 2 is 2.43 bits per heavy atom. The summed E-state index contributed by atoms with van der Waals surface area (Å²) in [6.07, 6.45) is 7.92. The van der Waals surface area contributed by atoms with E-state index in [1.807, 2.05) is 12.3 Å². The van der Waals surface area contributed by atoms with Crippen LogP contribution in [0.15, 0.2) is 36.2 Å². The summed E-state index contributed by atoms with van der Waals surface area (Å²) in [6, 6.07) is 4.01. The number of nitrogens with zero attached hydrogens (tertiary/aromatic N) is 1. The molecule has 0 N–H and O–H groups in total. The number of hydrogen-bond donors (Lipinski definition) is 0. The average Bonchev–Trinajstić information content (AvgIpc) is 2.51. The standard InChI is InChI=1S/C17H21NO3/c1-12-5-6-17(10-20-13(2)19)8-15(12)16(21-11-17)14-4-3-7-18-9-14/h3-5,7,9,15-16H,6,8,10-11H2,1-2H3/t15-,16-,17+/m1/s1. The molecule has 2 bridgehead atoms. The van der Waals surface area contributed by atoms with Gasteiger partial charge in [-0.2, -0.15) is 0 Å². The van der Waals surface area contributed by atoms with Crippen molar-refractivity contribution < 1.29 is 14.3 Å². The van der Waals surface area contributed by atoms with Gasteiger partial charge in [0.25, 0.3) is 0 Å². The van der Waals surface area contributed by atoms with E-state index in [0.717, 1.165) is 18.4 Å².